The number of likely N-dealkylation sites (N-methyl/N-ethyl adjacent to an activating group) is 1. The van der Waals surface area contributed by atoms with E-state index in [1.165, 1.54) is 15.4 Å². The molecule has 0 aromatic heterocycles. The third-order valence-electron chi connectivity index (χ3n) is 2.78. The van der Waals surface area contributed by atoms with E-state index in [0.29, 0.717) is 12.4 Å². The Labute approximate surface area is 95.0 Å². The topological polar surface area (TPSA) is 47.4 Å². The third-order valence-corrected chi connectivity index (χ3v) is 2.78. The van der Waals surface area contributed by atoms with Gasteiger partial charge in [0.2, 0.25) is 0 Å². The molecule has 1 aromatic carbocycles. The number of anilines is 1. The summed E-state index contributed by atoms with van der Waals surface area (Å²) in [6, 6.07) is 7.64. The fourth-order valence-electron chi connectivity index (χ4n) is 1.80. The largest absolute Gasteiger partial charge is 0.330 e. The summed E-state index contributed by atoms with van der Waals surface area (Å²) in [7, 11) is 1.71. The number of urea groups is 1. The Morgan fingerprint density at radius 1 is 1.31 bits per heavy atom. The maximum absolute atomic E-state index is 11.8. The lowest BCUT2D eigenvalue weighted by Gasteiger charge is -2.15. The molecule has 0 spiro atoms. The second kappa shape index (κ2) is 3.96. The van der Waals surface area contributed by atoms with Crippen molar-refractivity contribution >= 4 is 17.6 Å². The monoisotopic (exact) mass is 217 g/mol. The lowest BCUT2D eigenvalue weighted by molar-refractivity contribution is 0.229. The van der Waals surface area contributed by atoms with Gasteiger partial charge in [-0.25, -0.2) is 9.69 Å². The molecule has 1 aromatic rings. The summed E-state index contributed by atoms with van der Waals surface area (Å²) >= 11 is 0. The number of amides is 2. The molecule has 1 heterocycles. The highest BCUT2D eigenvalue weighted by Gasteiger charge is 2.31. The van der Waals surface area contributed by atoms with E-state index < -0.39 is 0 Å². The molecule has 0 unspecified atom stereocenters. The summed E-state index contributed by atoms with van der Waals surface area (Å²) < 4.78 is 0. The van der Waals surface area contributed by atoms with Crippen LogP contribution >= 0.6 is 0 Å². The fourth-order valence-corrected chi connectivity index (χ4v) is 1.80. The van der Waals surface area contributed by atoms with Crippen molar-refractivity contribution in [1.82, 2.24) is 4.90 Å². The number of amidine groups is 1. The van der Waals surface area contributed by atoms with E-state index in [1.54, 1.807) is 7.05 Å². The zero-order valence-corrected chi connectivity index (χ0v) is 9.53. The lowest BCUT2D eigenvalue weighted by Crippen LogP contribution is -2.31. The van der Waals surface area contributed by atoms with Gasteiger partial charge in [-0.15, -0.1) is 0 Å². The van der Waals surface area contributed by atoms with Crippen LogP contribution in [-0.2, 0) is 6.42 Å². The van der Waals surface area contributed by atoms with Crippen molar-refractivity contribution in [2.75, 3.05) is 18.5 Å². The number of benzene rings is 1. The van der Waals surface area contributed by atoms with Gasteiger partial charge in [-0.2, -0.15) is 0 Å². The molecule has 2 rings (SSSR count). The molecular weight excluding hydrogens is 202 g/mol. The molecular formula is C12H15N3O. The molecule has 4 nitrogen and oxygen atoms in total. The molecule has 2 amide bonds. The van der Waals surface area contributed by atoms with Gasteiger partial charge in [-0.1, -0.05) is 19.1 Å². The van der Waals surface area contributed by atoms with Crippen LogP contribution in [0.1, 0.15) is 12.5 Å². The maximum atomic E-state index is 11.8. The number of carbonyl (C=O) groups excluding carboxylic acids is 1. The van der Waals surface area contributed by atoms with Crippen LogP contribution < -0.4 is 4.90 Å². The van der Waals surface area contributed by atoms with Crippen LogP contribution in [-0.4, -0.2) is 30.4 Å². The van der Waals surface area contributed by atoms with Crippen molar-refractivity contribution in [2.45, 2.75) is 13.3 Å². The quantitative estimate of drug-likeness (QED) is 0.810. The van der Waals surface area contributed by atoms with Crippen LogP contribution in [0, 0.1) is 5.41 Å². The van der Waals surface area contributed by atoms with Gasteiger partial charge in [-0.05, 0) is 24.1 Å². The molecule has 0 aliphatic carbocycles. The molecule has 1 saturated heterocycles. The van der Waals surface area contributed by atoms with Gasteiger partial charge < -0.3 is 4.90 Å². The number of nitrogens with one attached hydrogen (secondary N) is 1. The minimum Gasteiger partial charge on any atom is -0.320 e. The molecule has 1 N–H and O–H groups in total. The summed E-state index contributed by atoms with van der Waals surface area (Å²) in [5.74, 6) is 0.330. The Hall–Kier alpha value is -1.84. The standard InChI is InChI=1S/C12H15N3O/c1-3-9-4-6-10(7-5-9)15-11(13)8-14(2)12(15)16/h4-7,13H,3,8H2,1-2H3. The average Bonchev–Trinajstić information content (AvgIpc) is 2.54. The Morgan fingerprint density at radius 3 is 2.38 bits per heavy atom. The SMILES string of the molecule is CCc1ccc(N2C(=N)CN(C)C2=O)cc1. The van der Waals surface area contributed by atoms with E-state index in [2.05, 4.69) is 6.92 Å². The zero-order valence-electron chi connectivity index (χ0n) is 9.53. The van der Waals surface area contributed by atoms with Crippen LogP contribution in [0.25, 0.3) is 0 Å². The highest BCUT2D eigenvalue weighted by molar-refractivity contribution is 6.20. The molecule has 4 heteroatoms. The highest BCUT2D eigenvalue weighted by Crippen LogP contribution is 2.21. The highest BCUT2D eigenvalue weighted by atomic mass is 16.2. The van der Waals surface area contributed by atoms with Gasteiger partial charge in [0.1, 0.15) is 5.84 Å². The Bertz CT molecular complexity index is 424. The predicted octanol–water partition coefficient (Wildman–Crippen LogP) is 2.10. The minimum absolute atomic E-state index is 0.130. The van der Waals surface area contributed by atoms with Crippen molar-refractivity contribution in [3.05, 3.63) is 29.8 Å². The number of aryl methyl sites for hydroxylation is 1. The maximum Gasteiger partial charge on any atom is 0.330 e. The number of rotatable bonds is 2. The van der Waals surface area contributed by atoms with Crippen molar-refractivity contribution in [3.8, 4) is 0 Å². The Balaban J connectivity index is 2.30. The van der Waals surface area contributed by atoms with Gasteiger partial charge in [0.25, 0.3) is 0 Å². The van der Waals surface area contributed by atoms with Crippen LogP contribution in [0.15, 0.2) is 24.3 Å². The first-order chi connectivity index (χ1) is 7.63. The molecule has 0 saturated carbocycles. The van der Waals surface area contributed by atoms with Gasteiger partial charge in [0.15, 0.2) is 0 Å². The first-order valence-electron chi connectivity index (χ1n) is 5.35. The van der Waals surface area contributed by atoms with E-state index in [4.69, 9.17) is 5.41 Å². The van der Waals surface area contributed by atoms with Gasteiger partial charge in [0.05, 0.1) is 12.2 Å². The molecule has 1 aliphatic heterocycles. The van der Waals surface area contributed by atoms with Crippen molar-refractivity contribution < 1.29 is 4.79 Å². The molecule has 16 heavy (non-hydrogen) atoms. The molecule has 0 radical (unpaired) electrons. The van der Waals surface area contributed by atoms with E-state index in [0.717, 1.165) is 12.1 Å². The van der Waals surface area contributed by atoms with Crippen molar-refractivity contribution in [2.24, 2.45) is 0 Å². The summed E-state index contributed by atoms with van der Waals surface area (Å²) in [5.41, 5.74) is 2.01. The minimum atomic E-state index is -0.130. The first kappa shape index (κ1) is 10.7. The third kappa shape index (κ3) is 1.66. The summed E-state index contributed by atoms with van der Waals surface area (Å²) in [6.07, 6.45) is 0.978. The summed E-state index contributed by atoms with van der Waals surface area (Å²) in [6.45, 7) is 2.47. The van der Waals surface area contributed by atoms with Gasteiger partial charge >= 0.3 is 6.03 Å². The number of carbonyl (C=O) groups is 1. The van der Waals surface area contributed by atoms with E-state index in [1.807, 2.05) is 24.3 Å². The average molecular weight is 217 g/mol. The zero-order chi connectivity index (χ0) is 11.7. The predicted molar refractivity (Wildman–Crippen MR) is 64.1 cm³/mol. The van der Waals surface area contributed by atoms with Crippen molar-refractivity contribution in [1.29, 1.82) is 5.41 Å². The van der Waals surface area contributed by atoms with E-state index in [9.17, 15) is 4.79 Å². The van der Waals surface area contributed by atoms with E-state index >= 15 is 0 Å². The van der Waals surface area contributed by atoms with Crippen LogP contribution in [0.4, 0.5) is 10.5 Å². The Morgan fingerprint density at radius 2 is 1.94 bits per heavy atom. The van der Waals surface area contributed by atoms with E-state index in [-0.39, 0.29) is 6.03 Å². The molecule has 84 valence electrons. The van der Waals surface area contributed by atoms with Gasteiger partial charge in [-0.3, -0.25) is 5.41 Å². The van der Waals surface area contributed by atoms with Gasteiger partial charge in [0, 0.05) is 7.05 Å². The van der Waals surface area contributed by atoms with Crippen LogP contribution in [0.2, 0.25) is 0 Å². The second-order valence-electron chi connectivity index (χ2n) is 3.94. The van der Waals surface area contributed by atoms with Crippen molar-refractivity contribution in [3.63, 3.8) is 0 Å². The smallest absolute Gasteiger partial charge is 0.320 e. The molecule has 0 bridgehead atoms. The lowest BCUT2D eigenvalue weighted by atomic mass is 10.1. The van der Waals surface area contributed by atoms with Crippen LogP contribution in [0.5, 0.6) is 0 Å². The normalized spacial score (nSPS) is 16.1. The number of hydrogen-bond acceptors (Lipinski definition) is 2. The molecule has 0 atom stereocenters. The summed E-state index contributed by atoms with van der Waals surface area (Å²) in [5, 5.41) is 7.77. The van der Waals surface area contributed by atoms with Crippen LogP contribution in [0.3, 0.4) is 0 Å². The fraction of sp³-hybridized carbons (Fsp3) is 0.333. The number of nitrogens with zero attached hydrogens (tertiary/aromatic N) is 2. The molecule has 1 aliphatic rings. The number of hydrogen-bond donors (Lipinski definition) is 1. The first-order valence-corrected chi connectivity index (χ1v) is 5.35. The molecule has 1 fully saturated rings. The summed E-state index contributed by atoms with van der Waals surface area (Å²) in [4.78, 5) is 14.8. The second-order valence-corrected chi connectivity index (χ2v) is 3.94. The Kier molecular flexibility index (Phi) is 2.64.